The van der Waals surface area contributed by atoms with Crippen molar-refractivity contribution >= 4 is 33.3 Å². The van der Waals surface area contributed by atoms with Gasteiger partial charge in [0.1, 0.15) is 0 Å². The van der Waals surface area contributed by atoms with Crippen LogP contribution in [-0.2, 0) is 10.4 Å². The molecule has 24 heavy (non-hydrogen) atoms. The van der Waals surface area contributed by atoms with Gasteiger partial charge in [-0.1, -0.05) is 21.9 Å². The number of aromatic nitrogens is 1. The van der Waals surface area contributed by atoms with E-state index in [-0.39, 0.29) is 18.7 Å². The van der Waals surface area contributed by atoms with Gasteiger partial charge in [0.25, 0.3) is 5.91 Å². The van der Waals surface area contributed by atoms with E-state index in [1.54, 1.807) is 30.3 Å². The third-order valence-electron chi connectivity index (χ3n) is 3.96. The second-order valence-corrected chi connectivity index (χ2v) is 6.37. The second-order valence-electron chi connectivity index (χ2n) is 5.45. The van der Waals surface area contributed by atoms with Crippen LogP contribution in [0, 0.1) is 12.3 Å². The Labute approximate surface area is 147 Å². The molecule has 1 N–H and O–H groups in total. The third kappa shape index (κ3) is 2.62. The molecule has 0 aliphatic carbocycles. The zero-order chi connectivity index (χ0) is 17.3. The second kappa shape index (κ2) is 6.19. The van der Waals surface area contributed by atoms with Gasteiger partial charge < -0.3 is 5.11 Å². The van der Waals surface area contributed by atoms with Gasteiger partial charge in [0, 0.05) is 28.0 Å². The van der Waals surface area contributed by atoms with E-state index in [2.05, 4.69) is 26.8 Å². The Balaban J connectivity index is 2.03. The Kier molecular flexibility index (Phi) is 4.22. The fourth-order valence-corrected chi connectivity index (χ4v) is 3.18. The highest BCUT2D eigenvalue weighted by atomic mass is 79.9. The minimum atomic E-state index is -1.93. The fourth-order valence-electron chi connectivity index (χ4n) is 2.81. The van der Waals surface area contributed by atoms with Crippen molar-refractivity contribution in [1.82, 2.24) is 4.98 Å². The number of halogens is 1. The van der Waals surface area contributed by atoms with Gasteiger partial charge in [-0.25, -0.2) is 0 Å². The van der Waals surface area contributed by atoms with Gasteiger partial charge in [0.2, 0.25) is 0 Å². The largest absolute Gasteiger partial charge is 0.375 e. The maximum absolute atomic E-state index is 12.8. The minimum Gasteiger partial charge on any atom is -0.375 e. The highest BCUT2D eigenvalue weighted by Crippen LogP contribution is 2.43. The van der Waals surface area contributed by atoms with E-state index in [1.165, 1.54) is 17.3 Å². The smallest absolute Gasteiger partial charge is 0.265 e. The average Bonchev–Trinajstić information content (AvgIpc) is 2.78. The molecule has 1 atom stereocenters. The maximum Gasteiger partial charge on any atom is 0.265 e. The third-order valence-corrected chi connectivity index (χ3v) is 4.46. The van der Waals surface area contributed by atoms with E-state index in [4.69, 9.17) is 6.42 Å². The summed E-state index contributed by atoms with van der Waals surface area (Å²) in [5, 5.41) is 11.0. The number of ketones is 1. The average molecular weight is 385 g/mol. The van der Waals surface area contributed by atoms with Gasteiger partial charge in [-0.15, -0.1) is 6.42 Å². The van der Waals surface area contributed by atoms with Gasteiger partial charge in [0.05, 0.1) is 18.7 Å². The Morgan fingerprint density at radius 3 is 2.71 bits per heavy atom. The molecule has 3 rings (SSSR count). The molecule has 0 spiro atoms. The van der Waals surface area contributed by atoms with Crippen molar-refractivity contribution in [2.45, 2.75) is 12.0 Å². The number of hydrogen-bond donors (Lipinski definition) is 1. The first-order valence-electron chi connectivity index (χ1n) is 7.18. The number of rotatable bonds is 4. The number of fused-ring (bicyclic) bond motifs is 1. The molecule has 0 saturated carbocycles. The summed E-state index contributed by atoms with van der Waals surface area (Å²) >= 11 is 3.33. The highest BCUT2D eigenvalue weighted by molar-refractivity contribution is 9.10. The number of terminal acetylenes is 1. The molecular weight excluding hydrogens is 372 g/mol. The van der Waals surface area contributed by atoms with Crippen LogP contribution in [0.2, 0.25) is 0 Å². The molecule has 1 amide bonds. The van der Waals surface area contributed by atoms with E-state index >= 15 is 0 Å². The summed E-state index contributed by atoms with van der Waals surface area (Å²) < 4.78 is 0.700. The molecule has 0 fully saturated rings. The molecule has 0 bridgehead atoms. The van der Waals surface area contributed by atoms with Gasteiger partial charge in [0.15, 0.2) is 11.4 Å². The molecule has 0 saturated heterocycles. The van der Waals surface area contributed by atoms with Crippen LogP contribution < -0.4 is 4.90 Å². The normalized spacial score (nSPS) is 19.0. The number of aliphatic hydroxyl groups is 1. The van der Waals surface area contributed by atoms with E-state index in [0.29, 0.717) is 21.3 Å². The molecule has 0 radical (unpaired) electrons. The first-order chi connectivity index (χ1) is 11.5. The standard InChI is InChI=1S/C18H13BrN2O3/c1-2-9-21-15-4-3-13(19)10-14(15)18(24,17(21)23)11-16(22)12-5-7-20-8-6-12/h1,3-8,10,24H,9,11H2/t18-/m0/s1. The number of carbonyl (C=O) groups excluding carboxylic acids is 2. The summed E-state index contributed by atoms with van der Waals surface area (Å²) in [6.45, 7) is 0.0270. The molecular formula is C18H13BrN2O3. The monoisotopic (exact) mass is 384 g/mol. The van der Waals surface area contributed by atoms with Crippen molar-refractivity contribution in [3.63, 3.8) is 0 Å². The van der Waals surface area contributed by atoms with Gasteiger partial charge in [-0.3, -0.25) is 19.5 Å². The molecule has 1 aromatic heterocycles. The summed E-state index contributed by atoms with van der Waals surface area (Å²) in [6.07, 6.45) is 7.95. The molecule has 2 heterocycles. The summed E-state index contributed by atoms with van der Waals surface area (Å²) in [5.74, 6) is 1.47. The minimum absolute atomic E-state index is 0.0270. The van der Waals surface area contributed by atoms with Crippen molar-refractivity contribution in [3.05, 3.63) is 58.3 Å². The van der Waals surface area contributed by atoms with Crippen molar-refractivity contribution in [2.24, 2.45) is 0 Å². The first-order valence-corrected chi connectivity index (χ1v) is 7.98. The molecule has 2 aromatic rings. The maximum atomic E-state index is 12.8. The first kappa shape index (κ1) is 16.4. The van der Waals surface area contributed by atoms with E-state index in [0.717, 1.165) is 0 Å². The Morgan fingerprint density at radius 2 is 2.04 bits per heavy atom. The zero-order valence-electron chi connectivity index (χ0n) is 12.6. The molecule has 1 aliphatic heterocycles. The van der Waals surface area contributed by atoms with Crippen LogP contribution >= 0.6 is 15.9 Å². The van der Waals surface area contributed by atoms with E-state index in [1.807, 2.05) is 0 Å². The quantitative estimate of drug-likeness (QED) is 0.648. The SMILES string of the molecule is C#CCN1C(=O)[C@](O)(CC(=O)c2ccncc2)c2cc(Br)ccc21. The lowest BCUT2D eigenvalue weighted by atomic mass is 9.88. The summed E-state index contributed by atoms with van der Waals surface area (Å²) in [5.41, 5.74) is -0.653. The van der Waals surface area contributed by atoms with Crippen LogP contribution in [0.25, 0.3) is 0 Å². The number of carbonyl (C=O) groups is 2. The van der Waals surface area contributed by atoms with Gasteiger partial charge in [-0.2, -0.15) is 0 Å². The van der Waals surface area contributed by atoms with Crippen LogP contribution in [0.3, 0.4) is 0 Å². The van der Waals surface area contributed by atoms with Crippen LogP contribution in [0.5, 0.6) is 0 Å². The molecule has 120 valence electrons. The van der Waals surface area contributed by atoms with Crippen molar-refractivity contribution in [3.8, 4) is 12.3 Å². The van der Waals surface area contributed by atoms with Crippen molar-refractivity contribution < 1.29 is 14.7 Å². The fraction of sp³-hybridized carbons (Fsp3) is 0.167. The Morgan fingerprint density at radius 1 is 1.33 bits per heavy atom. The number of benzene rings is 1. The predicted molar refractivity (Wildman–Crippen MR) is 92.4 cm³/mol. The highest BCUT2D eigenvalue weighted by Gasteiger charge is 2.50. The number of anilines is 1. The lowest BCUT2D eigenvalue weighted by molar-refractivity contribution is -0.135. The summed E-state index contributed by atoms with van der Waals surface area (Å²) in [7, 11) is 0. The zero-order valence-corrected chi connectivity index (χ0v) is 14.2. The molecule has 1 aromatic carbocycles. The topological polar surface area (TPSA) is 70.5 Å². The number of hydrogen-bond acceptors (Lipinski definition) is 4. The molecule has 0 unspecified atom stereocenters. The number of pyridine rings is 1. The van der Waals surface area contributed by atoms with Crippen LogP contribution in [0.4, 0.5) is 5.69 Å². The Bertz CT molecular complexity index is 860. The predicted octanol–water partition coefficient (Wildman–Crippen LogP) is 2.28. The van der Waals surface area contributed by atoms with Crippen molar-refractivity contribution in [1.29, 1.82) is 0 Å². The van der Waals surface area contributed by atoms with Crippen LogP contribution in [-0.4, -0.2) is 28.3 Å². The molecule has 1 aliphatic rings. The summed E-state index contributed by atoms with van der Waals surface area (Å²) in [6, 6.07) is 8.19. The number of nitrogens with zero attached hydrogens (tertiary/aromatic N) is 2. The van der Waals surface area contributed by atoms with Crippen LogP contribution in [0.15, 0.2) is 47.2 Å². The lowest BCUT2D eigenvalue weighted by Gasteiger charge is -2.21. The molecule has 5 nitrogen and oxygen atoms in total. The lowest BCUT2D eigenvalue weighted by Crippen LogP contribution is -2.42. The summed E-state index contributed by atoms with van der Waals surface area (Å²) in [4.78, 5) is 30.4. The van der Waals surface area contributed by atoms with E-state index in [9.17, 15) is 14.7 Å². The van der Waals surface area contributed by atoms with Gasteiger partial charge in [-0.05, 0) is 30.3 Å². The Hall–Kier alpha value is -2.49. The molecule has 6 heteroatoms. The number of amides is 1. The van der Waals surface area contributed by atoms with Crippen LogP contribution in [0.1, 0.15) is 22.3 Å². The van der Waals surface area contributed by atoms with E-state index < -0.39 is 11.5 Å². The van der Waals surface area contributed by atoms with Crippen molar-refractivity contribution in [2.75, 3.05) is 11.4 Å². The van der Waals surface area contributed by atoms with Gasteiger partial charge >= 0.3 is 0 Å². The number of Topliss-reactive ketones (excluding diaryl/α,β-unsaturated/α-hetero) is 1.